The smallest absolute Gasteiger partial charge is 0.270 e. The highest BCUT2D eigenvalue weighted by molar-refractivity contribution is 6.42. The molecule has 3 heterocycles. The van der Waals surface area contributed by atoms with Gasteiger partial charge in [-0.2, -0.15) is 0 Å². The highest BCUT2D eigenvalue weighted by atomic mass is 16.2. The lowest BCUT2D eigenvalue weighted by Crippen LogP contribution is -2.47. The lowest BCUT2D eigenvalue weighted by molar-refractivity contribution is -0.128. The quantitative estimate of drug-likeness (QED) is 0.615. The predicted octanol–water partition coefficient (Wildman–Crippen LogP) is 5.38. The van der Waals surface area contributed by atoms with Crippen LogP contribution in [-0.4, -0.2) is 39.6 Å². The molecule has 1 atom stereocenters. The van der Waals surface area contributed by atoms with E-state index in [1.165, 1.54) is 29.5 Å². The van der Waals surface area contributed by atoms with Gasteiger partial charge < -0.3 is 10.2 Å². The van der Waals surface area contributed by atoms with Gasteiger partial charge in [0.1, 0.15) is 17.2 Å². The van der Waals surface area contributed by atoms with Gasteiger partial charge >= 0.3 is 0 Å². The second-order valence-electron chi connectivity index (χ2n) is 12.6. The number of fused-ring (bicyclic) bond motifs is 3. The van der Waals surface area contributed by atoms with E-state index < -0.39 is 5.41 Å². The monoisotopic (exact) mass is 498 g/mol. The standard InChI is InChI=1S/C31H38N4O2/c1-29(2,3)25-27(36)35(31(34-25)14-6-4-5-7-15-31)17-9-10-21-12-13-22-19-30(20-23(22)18-21)24-11-8-16-32-26(24)33-28(30)37/h8,11-13,16,18H,4-7,9-10,14-15,17,19-20H2,1-3H3,(H,32,33,37). The first-order valence-corrected chi connectivity index (χ1v) is 14.0. The summed E-state index contributed by atoms with van der Waals surface area (Å²) in [4.78, 5) is 38.3. The van der Waals surface area contributed by atoms with E-state index >= 15 is 0 Å². The lowest BCUT2D eigenvalue weighted by Gasteiger charge is -2.36. The van der Waals surface area contributed by atoms with Crippen LogP contribution in [-0.2, 0) is 34.3 Å². The van der Waals surface area contributed by atoms with Gasteiger partial charge in [-0.05, 0) is 74.1 Å². The highest BCUT2D eigenvalue weighted by Crippen LogP contribution is 2.47. The molecule has 2 aliphatic carbocycles. The van der Waals surface area contributed by atoms with Crippen molar-refractivity contribution in [2.75, 3.05) is 11.9 Å². The van der Waals surface area contributed by atoms with E-state index in [0.29, 0.717) is 5.82 Å². The molecular weight excluding hydrogens is 460 g/mol. The van der Waals surface area contributed by atoms with E-state index in [1.807, 2.05) is 12.1 Å². The van der Waals surface area contributed by atoms with Crippen molar-refractivity contribution in [3.8, 4) is 0 Å². The van der Waals surface area contributed by atoms with Crippen LogP contribution >= 0.6 is 0 Å². The van der Waals surface area contributed by atoms with Crippen LogP contribution in [0.25, 0.3) is 0 Å². The molecule has 1 saturated carbocycles. The number of hydrogen-bond acceptors (Lipinski definition) is 4. The third-order valence-electron chi connectivity index (χ3n) is 8.98. The van der Waals surface area contributed by atoms with Gasteiger partial charge in [0.2, 0.25) is 5.91 Å². The minimum Gasteiger partial charge on any atom is -0.313 e. The first-order chi connectivity index (χ1) is 17.7. The number of hydrogen-bond donors (Lipinski definition) is 1. The molecule has 0 bridgehead atoms. The Morgan fingerprint density at radius 1 is 1.00 bits per heavy atom. The number of anilines is 1. The number of rotatable bonds is 4. The zero-order valence-electron chi connectivity index (χ0n) is 22.4. The van der Waals surface area contributed by atoms with E-state index in [4.69, 9.17) is 4.99 Å². The Morgan fingerprint density at radius 3 is 2.51 bits per heavy atom. The third kappa shape index (κ3) is 4.00. The molecule has 2 spiro atoms. The summed E-state index contributed by atoms with van der Waals surface area (Å²) < 4.78 is 0. The van der Waals surface area contributed by atoms with Crippen molar-refractivity contribution in [1.82, 2.24) is 9.88 Å². The fourth-order valence-corrected chi connectivity index (χ4v) is 7.03. The molecular formula is C31H38N4O2. The molecule has 2 aliphatic heterocycles. The molecule has 37 heavy (non-hydrogen) atoms. The SMILES string of the molecule is CC(C)(C)C1=NC2(CCCCCC2)N(CCCc2ccc3c(c2)CC2(C3)C(=O)Nc3ncccc32)C1=O. The van der Waals surface area contributed by atoms with Crippen LogP contribution in [0.1, 0.15) is 88.0 Å². The molecule has 2 amide bonds. The minimum atomic E-state index is -0.529. The van der Waals surface area contributed by atoms with Crippen LogP contribution in [0.15, 0.2) is 41.5 Å². The maximum atomic E-state index is 13.6. The number of nitrogens with zero attached hydrogens (tertiary/aromatic N) is 3. The fourth-order valence-electron chi connectivity index (χ4n) is 7.03. The summed E-state index contributed by atoms with van der Waals surface area (Å²) in [5.41, 5.74) is 4.47. The maximum Gasteiger partial charge on any atom is 0.270 e. The first-order valence-electron chi connectivity index (χ1n) is 14.0. The van der Waals surface area contributed by atoms with Gasteiger partial charge in [-0.3, -0.25) is 14.6 Å². The molecule has 2 aromatic rings. The number of nitrogens with one attached hydrogen (secondary N) is 1. The largest absolute Gasteiger partial charge is 0.313 e. The zero-order chi connectivity index (χ0) is 25.8. The van der Waals surface area contributed by atoms with Crippen molar-refractivity contribution in [3.63, 3.8) is 0 Å². The number of benzene rings is 1. The highest BCUT2D eigenvalue weighted by Gasteiger charge is 2.51. The van der Waals surface area contributed by atoms with Gasteiger partial charge in [-0.15, -0.1) is 0 Å². The Balaban J connectivity index is 1.17. The molecule has 1 aromatic heterocycles. The van der Waals surface area contributed by atoms with Gasteiger partial charge in [0.05, 0.1) is 5.41 Å². The third-order valence-corrected chi connectivity index (χ3v) is 8.98. The van der Waals surface area contributed by atoms with Gasteiger partial charge in [0.15, 0.2) is 0 Å². The predicted molar refractivity (Wildman–Crippen MR) is 146 cm³/mol. The molecule has 6 nitrogen and oxygen atoms in total. The summed E-state index contributed by atoms with van der Waals surface area (Å²) >= 11 is 0. The van der Waals surface area contributed by atoms with E-state index in [0.717, 1.165) is 69.2 Å². The molecule has 1 unspecified atom stereocenters. The number of carbonyl (C=O) groups is 2. The second kappa shape index (κ2) is 8.78. The summed E-state index contributed by atoms with van der Waals surface area (Å²) in [6.45, 7) is 7.06. The van der Waals surface area contributed by atoms with Crippen LogP contribution in [0, 0.1) is 5.41 Å². The first kappa shape index (κ1) is 24.3. The lowest BCUT2D eigenvalue weighted by atomic mass is 9.79. The fraction of sp³-hybridized carbons (Fsp3) is 0.548. The minimum absolute atomic E-state index is 0.0647. The Kier molecular flexibility index (Phi) is 5.77. The van der Waals surface area contributed by atoms with Crippen molar-refractivity contribution in [2.24, 2.45) is 10.4 Å². The van der Waals surface area contributed by atoms with E-state index in [9.17, 15) is 9.59 Å². The van der Waals surface area contributed by atoms with Crippen LogP contribution < -0.4 is 5.32 Å². The molecule has 6 rings (SSSR count). The molecule has 0 radical (unpaired) electrons. The van der Waals surface area contributed by atoms with Crippen LogP contribution in [0.4, 0.5) is 5.82 Å². The normalized spacial score (nSPS) is 24.3. The molecule has 1 N–H and O–H groups in total. The number of pyridine rings is 1. The van der Waals surface area contributed by atoms with E-state index in [1.54, 1.807) is 6.20 Å². The number of carbonyl (C=O) groups excluding carboxylic acids is 2. The summed E-state index contributed by atoms with van der Waals surface area (Å²) in [5, 5.41) is 3.00. The number of aryl methyl sites for hydroxylation is 1. The molecule has 4 aliphatic rings. The maximum absolute atomic E-state index is 13.6. The van der Waals surface area contributed by atoms with Crippen molar-refractivity contribution in [2.45, 2.75) is 96.1 Å². The van der Waals surface area contributed by atoms with Crippen molar-refractivity contribution in [1.29, 1.82) is 0 Å². The van der Waals surface area contributed by atoms with Crippen molar-refractivity contribution in [3.05, 3.63) is 58.8 Å². The van der Waals surface area contributed by atoms with Gasteiger partial charge in [0.25, 0.3) is 5.91 Å². The Hall–Kier alpha value is -3.02. The Labute approximate surface area is 220 Å². The average molecular weight is 499 g/mol. The molecule has 0 saturated heterocycles. The summed E-state index contributed by atoms with van der Waals surface area (Å²) in [7, 11) is 0. The number of amides is 2. The van der Waals surface area contributed by atoms with Gasteiger partial charge in [-0.25, -0.2) is 4.98 Å². The Morgan fingerprint density at radius 2 is 1.76 bits per heavy atom. The van der Waals surface area contributed by atoms with E-state index in [2.05, 4.69) is 54.2 Å². The number of aliphatic imine (C=N–C) groups is 1. The zero-order valence-corrected chi connectivity index (χ0v) is 22.4. The molecule has 1 aromatic carbocycles. The molecule has 1 fully saturated rings. The van der Waals surface area contributed by atoms with Crippen molar-refractivity contribution < 1.29 is 9.59 Å². The molecule has 194 valence electrons. The number of aromatic nitrogens is 1. The summed E-state index contributed by atoms with van der Waals surface area (Å²) in [6.07, 6.45) is 11.7. The van der Waals surface area contributed by atoms with E-state index in [-0.39, 0.29) is 22.9 Å². The average Bonchev–Trinajstić information content (AvgIpc) is 3.38. The van der Waals surface area contributed by atoms with Crippen LogP contribution in [0.2, 0.25) is 0 Å². The molecule has 6 heteroatoms. The summed E-state index contributed by atoms with van der Waals surface area (Å²) in [5.74, 6) is 0.916. The van der Waals surface area contributed by atoms with Crippen molar-refractivity contribution >= 4 is 23.3 Å². The van der Waals surface area contributed by atoms with Crippen LogP contribution in [0.3, 0.4) is 0 Å². The van der Waals surface area contributed by atoms with Gasteiger partial charge in [0, 0.05) is 23.7 Å². The second-order valence-corrected chi connectivity index (χ2v) is 12.6. The topological polar surface area (TPSA) is 74.7 Å². The summed E-state index contributed by atoms with van der Waals surface area (Å²) in [6, 6.07) is 10.7. The van der Waals surface area contributed by atoms with Crippen LogP contribution in [0.5, 0.6) is 0 Å². The van der Waals surface area contributed by atoms with Gasteiger partial charge in [-0.1, -0.05) is 57.9 Å². The Bertz CT molecular complexity index is 1280.